The second-order valence-corrected chi connectivity index (χ2v) is 10.1. The van der Waals surface area contributed by atoms with Crippen LogP contribution in [-0.4, -0.2) is 39.6 Å². The van der Waals surface area contributed by atoms with Gasteiger partial charge in [0.2, 0.25) is 0 Å². The van der Waals surface area contributed by atoms with Crippen molar-refractivity contribution in [3.8, 4) is 10.8 Å². The Morgan fingerprint density at radius 1 is 1.15 bits per heavy atom. The zero-order valence-corrected chi connectivity index (χ0v) is 22.6. The number of ether oxygens (including phenoxy) is 2. The van der Waals surface area contributed by atoms with Gasteiger partial charge in [-0.2, -0.15) is 13.2 Å². The molecule has 2 atom stereocenters. The molecule has 0 radical (unpaired) electrons. The van der Waals surface area contributed by atoms with Crippen molar-refractivity contribution < 1.29 is 37.0 Å². The molecular weight excluding hydrogens is 573 g/mol. The smallest absolute Gasteiger partial charge is 0.484 e. The van der Waals surface area contributed by atoms with Crippen molar-refractivity contribution in [2.75, 3.05) is 0 Å². The van der Waals surface area contributed by atoms with Crippen LogP contribution in [0.4, 0.5) is 13.2 Å². The first-order valence-electron chi connectivity index (χ1n) is 11.7. The molecule has 4 rings (SSSR count). The third-order valence-corrected chi connectivity index (χ3v) is 7.27. The lowest BCUT2D eigenvalue weighted by atomic mass is 10.1. The quantitative estimate of drug-likeness (QED) is 0.204. The first-order valence-corrected chi connectivity index (χ1v) is 12.9. The van der Waals surface area contributed by atoms with Gasteiger partial charge in [0, 0.05) is 23.2 Å². The fourth-order valence-electron chi connectivity index (χ4n) is 3.73. The third-order valence-electron chi connectivity index (χ3n) is 5.80. The van der Waals surface area contributed by atoms with E-state index in [-0.39, 0.29) is 17.2 Å². The zero-order valence-electron chi connectivity index (χ0n) is 21.0. The number of carbonyl (C=O) groups is 3. The van der Waals surface area contributed by atoms with Crippen LogP contribution < -0.4 is 15.8 Å². The van der Waals surface area contributed by atoms with E-state index in [0.717, 1.165) is 16.9 Å². The molecule has 9 nitrogen and oxygen atoms in total. The standard InChI is InChI=1S/C26H22ClF3N4O5S/c1-13(24(36)39-25(37)26(28,29)30)32-11-15-7-8-18-19(9-15)34(12-33-18)21-10-20(22(40-21)23(31)35)38-14(2)16-5-3-4-6-17(16)27/h3-10,12-14,32H,11H2,1-2H3,(H2,31,35)/t13-,14+/m0/s1. The fraction of sp³-hybridized carbons (Fsp3) is 0.231. The van der Waals surface area contributed by atoms with Crippen LogP contribution in [0.3, 0.4) is 0 Å². The maximum atomic E-state index is 12.4. The predicted molar refractivity (Wildman–Crippen MR) is 141 cm³/mol. The molecule has 2 aromatic heterocycles. The minimum absolute atomic E-state index is 0.0677. The van der Waals surface area contributed by atoms with Crippen molar-refractivity contribution in [2.45, 2.75) is 38.7 Å². The van der Waals surface area contributed by atoms with Gasteiger partial charge in [-0.15, -0.1) is 11.3 Å². The Balaban J connectivity index is 1.54. The average molecular weight is 595 g/mol. The van der Waals surface area contributed by atoms with Gasteiger partial charge < -0.3 is 20.5 Å². The number of alkyl halides is 3. The zero-order chi connectivity index (χ0) is 29.2. The number of amides is 1. The molecule has 0 aliphatic heterocycles. The lowest BCUT2D eigenvalue weighted by molar-refractivity contribution is -0.202. The van der Waals surface area contributed by atoms with Crippen molar-refractivity contribution in [1.82, 2.24) is 14.9 Å². The highest BCUT2D eigenvalue weighted by Gasteiger charge is 2.43. The number of rotatable bonds is 9. The van der Waals surface area contributed by atoms with Crippen LogP contribution in [0, 0.1) is 0 Å². The van der Waals surface area contributed by atoms with Gasteiger partial charge >= 0.3 is 18.1 Å². The summed E-state index contributed by atoms with van der Waals surface area (Å²) in [6.45, 7) is 3.14. The molecule has 2 aromatic carbocycles. The van der Waals surface area contributed by atoms with Gasteiger partial charge in [0.05, 0.1) is 11.0 Å². The Kier molecular flexibility index (Phi) is 8.47. The SMILES string of the molecule is C[C@H](NCc1ccc2ncn(-c3cc(O[C@H](C)c4ccccc4Cl)c(C(N)=O)s3)c2c1)C(=O)OC(=O)C(F)(F)F. The Hall–Kier alpha value is -3.94. The van der Waals surface area contributed by atoms with Crippen molar-refractivity contribution in [2.24, 2.45) is 5.73 Å². The number of carbonyl (C=O) groups excluding carboxylic acids is 3. The van der Waals surface area contributed by atoms with Gasteiger partial charge in [-0.1, -0.05) is 35.9 Å². The number of fused-ring (bicyclic) bond motifs is 1. The minimum Gasteiger partial charge on any atom is -0.484 e. The summed E-state index contributed by atoms with van der Waals surface area (Å²) < 4.78 is 48.7. The number of esters is 2. The molecule has 0 fully saturated rings. The topological polar surface area (TPSA) is 126 Å². The summed E-state index contributed by atoms with van der Waals surface area (Å²) >= 11 is 7.39. The van der Waals surface area contributed by atoms with Gasteiger partial charge in [-0.05, 0) is 37.6 Å². The third kappa shape index (κ3) is 6.43. The first-order chi connectivity index (χ1) is 18.8. The highest BCUT2D eigenvalue weighted by Crippen LogP contribution is 2.37. The Bertz CT molecular complexity index is 1590. The second-order valence-electron chi connectivity index (χ2n) is 8.67. The molecule has 3 N–H and O–H groups in total. The molecule has 210 valence electrons. The molecule has 1 amide bonds. The van der Waals surface area contributed by atoms with Gasteiger partial charge in [0.1, 0.15) is 34.1 Å². The fourth-order valence-corrected chi connectivity index (χ4v) is 4.95. The van der Waals surface area contributed by atoms with E-state index < -0.39 is 36.2 Å². The van der Waals surface area contributed by atoms with E-state index in [1.54, 1.807) is 54.2 Å². The number of primary amides is 1. The van der Waals surface area contributed by atoms with Crippen molar-refractivity contribution in [3.63, 3.8) is 0 Å². The van der Waals surface area contributed by atoms with Crippen LogP contribution in [-0.2, 0) is 20.9 Å². The maximum Gasteiger partial charge on any atom is 0.491 e. The molecule has 0 unspecified atom stereocenters. The molecule has 2 heterocycles. The number of nitrogens with zero attached hydrogens (tertiary/aromatic N) is 2. The molecule has 0 saturated carbocycles. The Morgan fingerprint density at radius 2 is 1.88 bits per heavy atom. The van der Waals surface area contributed by atoms with E-state index in [4.69, 9.17) is 22.1 Å². The number of aromatic nitrogens is 2. The molecule has 40 heavy (non-hydrogen) atoms. The van der Waals surface area contributed by atoms with Gasteiger partial charge in [0.15, 0.2) is 0 Å². The van der Waals surface area contributed by atoms with E-state index >= 15 is 0 Å². The van der Waals surface area contributed by atoms with E-state index in [1.807, 2.05) is 12.1 Å². The van der Waals surface area contributed by atoms with Gasteiger partial charge in [0.25, 0.3) is 5.91 Å². The largest absolute Gasteiger partial charge is 0.491 e. The summed E-state index contributed by atoms with van der Waals surface area (Å²) in [5.41, 5.74) is 8.27. The first kappa shape index (κ1) is 29.1. The van der Waals surface area contributed by atoms with Gasteiger partial charge in [-0.3, -0.25) is 9.36 Å². The van der Waals surface area contributed by atoms with Crippen LogP contribution in [0.25, 0.3) is 16.0 Å². The number of benzene rings is 2. The molecule has 4 aromatic rings. The summed E-state index contributed by atoms with van der Waals surface area (Å²) in [5, 5.41) is 3.83. The summed E-state index contributed by atoms with van der Waals surface area (Å²) in [6.07, 6.45) is -4.19. The molecule has 14 heteroatoms. The average Bonchev–Trinajstić information content (AvgIpc) is 3.50. The number of thiophene rings is 1. The summed E-state index contributed by atoms with van der Waals surface area (Å²) in [6, 6.07) is 12.8. The van der Waals surface area contributed by atoms with Crippen LogP contribution in [0.1, 0.15) is 40.8 Å². The summed E-state index contributed by atoms with van der Waals surface area (Å²) in [7, 11) is 0. The maximum absolute atomic E-state index is 12.4. The predicted octanol–water partition coefficient (Wildman–Crippen LogP) is 5.09. The lowest BCUT2D eigenvalue weighted by Gasteiger charge is -2.16. The van der Waals surface area contributed by atoms with Crippen LogP contribution in [0.2, 0.25) is 5.02 Å². The van der Waals surface area contributed by atoms with Crippen LogP contribution in [0.15, 0.2) is 54.9 Å². The number of halogens is 4. The van der Waals surface area contributed by atoms with Crippen molar-refractivity contribution in [1.29, 1.82) is 0 Å². The van der Waals surface area contributed by atoms with Crippen molar-refractivity contribution >= 4 is 51.8 Å². The molecule has 0 saturated heterocycles. The summed E-state index contributed by atoms with van der Waals surface area (Å²) in [5.74, 6) is -4.32. The van der Waals surface area contributed by atoms with E-state index in [1.165, 1.54) is 6.92 Å². The molecule has 0 spiro atoms. The highest BCUT2D eigenvalue weighted by atomic mass is 35.5. The molecule has 0 bridgehead atoms. The summed E-state index contributed by atoms with van der Waals surface area (Å²) in [4.78, 5) is 39.5. The van der Waals surface area contributed by atoms with Crippen molar-refractivity contribution in [3.05, 3.63) is 75.9 Å². The minimum atomic E-state index is -5.27. The van der Waals surface area contributed by atoms with Crippen LogP contribution >= 0.6 is 22.9 Å². The highest BCUT2D eigenvalue weighted by molar-refractivity contribution is 7.16. The Morgan fingerprint density at radius 3 is 2.55 bits per heavy atom. The van der Waals surface area contributed by atoms with E-state index in [2.05, 4.69) is 15.0 Å². The number of nitrogens with one attached hydrogen (secondary N) is 1. The van der Waals surface area contributed by atoms with Gasteiger partial charge in [-0.25, -0.2) is 14.6 Å². The number of nitrogens with two attached hydrogens (primary N) is 1. The molecule has 0 aliphatic rings. The number of hydrogen-bond acceptors (Lipinski definition) is 8. The molecule has 0 aliphatic carbocycles. The second kappa shape index (κ2) is 11.7. The normalized spacial score (nSPS) is 13.2. The number of hydrogen-bond donors (Lipinski definition) is 2. The Labute approximate surface area is 234 Å². The molecular formula is C26H22ClF3N4O5S. The monoisotopic (exact) mass is 594 g/mol. The lowest BCUT2D eigenvalue weighted by Crippen LogP contribution is -2.38. The van der Waals surface area contributed by atoms with E-state index in [9.17, 15) is 27.6 Å². The van der Waals surface area contributed by atoms with E-state index in [0.29, 0.717) is 26.6 Å². The van der Waals surface area contributed by atoms with Crippen LogP contribution in [0.5, 0.6) is 5.75 Å². The number of imidazole rings is 1.